The first kappa shape index (κ1) is 14.9. The highest BCUT2D eigenvalue weighted by atomic mass is 79.9. The molecule has 0 saturated carbocycles. The molecule has 0 heterocycles. The van der Waals surface area contributed by atoms with Gasteiger partial charge in [-0.25, -0.2) is 8.42 Å². The SMILES string of the molecule is Cc1cc(N)cc(C)c1NS(=O)(=O)c1ccccc1Br. The smallest absolute Gasteiger partial charge is 0.263 e. The molecule has 0 spiro atoms. The highest BCUT2D eigenvalue weighted by Gasteiger charge is 2.19. The molecule has 0 aliphatic carbocycles. The normalized spacial score (nSPS) is 11.3. The summed E-state index contributed by atoms with van der Waals surface area (Å²) in [6, 6.07) is 10.2. The Labute approximate surface area is 127 Å². The molecule has 6 heteroatoms. The van der Waals surface area contributed by atoms with Crippen LogP contribution in [0, 0.1) is 13.8 Å². The number of rotatable bonds is 3. The lowest BCUT2D eigenvalue weighted by atomic mass is 10.1. The molecule has 4 nitrogen and oxygen atoms in total. The molecule has 0 atom stereocenters. The Morgan fingerprint density at radius 1 is 1.10 bits per heavy atom. The van der Waals surface area contributed by atoms with E-state index >= 15 is 0 Å². The van der Waals surface area contributed by atoms with Crippen LogP contribution in [0.2, 0.25) is 0 Å². The maximum absolute atomic E-state index is 12.4. The predicted octanol–water partition coefficient (Wildman–Crippen LogP) is 3.45. The molecule has 2 aromatic carbocycles. The van der Waals surface area contributed by atoms with Crippen molar-refractivity contribution in [1.29, 1.82) is 0 Å². The van der Waals surface area contributed by atoms with Crippen LogP contribution >= 0.6 is 15.9 Å². The van der Waals surface area contributed by atoms with Gasteiger partial charge in [0.1, 0.15) is 4.90 Å². The van der Waals surface area contributed by atoms with Gasteiger partial charge in [0.05, 0.1) is 5.69 Å². The van der Waals surface area contributed by atoms with Crippen LogP contribution in [0.3, 0.4) is 0 Å². The van der Waals surface area contributed by atoms with Gasteiger partial charge in [-0.3, -0.25) is 4.72 Å². The van der Waals surface area contributed by atoms with Gasteiger partial charge in [-0.15, -0.1) is 0 Å². The molecule has 0 amide bonds. The summed E-state index contributed by atoms with van der Waals surface area (Å²) < 4.78 is 28.0. The van der Waals surface area contributed by atoms with Crippen molar-refractivity contribution in [2.45, 2.75) is 18.7 Å². The maximum Gasteiger partial charge on any atom is 0.263 e. The number of hydrogen-bond donors (Lipinski definition) is 2. The van der Waals surface area contributed by atoms with Gasteiger partial charge in [-0.1, -0.05) is 12.1 Å². The number of aryl methyl sites for hydroxylation is 2. The largest absolute Gasteiger partial charge is 0.399 e. The molecular weight excluding hydrogens is 340 g/mol. The minimum absolute atomic E-state index is 0.204. The molecule has 20 heavy (non-hydrogen) atoms. The third kappa shape index (κ3) is 2.96. The average molecular weight is 355 g/mol. The summed E-state index contributed by atoms with van der Waals surface area (Å²) in [5, 5.41) is 0. The lowest BCUT2D eigenvalue weighted by Gasteiger charge is -2.14. The van der Waals surface area contributed by atoms with Crippen molar-refractivity contribution in [2.75, 3.05) is 10.5 Å². The lowest BCUT2D eigenvalue weighted by molar-refractivity contribution is 0.600. The highest BCUT2D eigenvalue weighted by Crippen LogP contribution is 2.28. The molecule has 0 aliphatic heterocycles. The van der Waals surface area contributed by atoms with Gasteiger partial charge < -0.3 is 5.73 Å². The van der Waals surface area contributed by atoms with Crippen LogP contribution in [0.1, 0.15) is 11.1 Å². The highest BCUT2D eigenvalue weighted by molar-refractivity contribution is 9.10. The van der Waals surface area contributed by atoms with E-state index < -0.39 is 10.0 Å². The lowest BCUT2D eigenvalue weighted by Crippen LogP contribution is -2.15. The van der Waals surface area contributed by atoms with Crippen LogP contribution in [-0.2, 0) is 10.0 Å². The molecule has 106 valence electrons. The van der Waals surface area contributed by atoms with Crippen molar-refractivity contribution in [3.05, 3.63) is 52.0 Å². The summed E-state index contributed by atoms with van der Waals surface area (Å²) in [7, 11) is -3.64. The van der Waals surface area contributed by atoms with E-state index in [0.717, 1.165) is 11.1 Å². The Hall–Kier alpha value is -1.53. The Kier molecular flexibility index (Phi) is 4.06. The summed E-state index contributed by atoms with van der Waals surface area (Å²) in [5.41, 5.74) is 8.50. The molecule has 0 bridgehead atoms. The van der Waals surface area contributed by atoms with Crippen LogP contribution < -0.4 is 10.5 Å². The predicted molar refractivity (Wildman–Crippen MR) is 85.3 cm³/mol. The first-order valence-electron chi connectivity index (χ1n) is 5.95. The molecule has 0 unspecified atom stereocenters. The topological polar surface area (TPSA) is 72.2 Å². The minimum atomic E-state index is -3.64. The van der Waals surface area contributed by atoms with E-state index in [2.05, 4.69) is 20.7 Å². The molecule has 0 aliphatic rings. The van der Waals surface area contributed by atoms with Crippen LogP contribution in [0.4, 0.5) is 11.4 Å². The second-order valence-corrected chi connectivity index (χ2v) is 7.07. The Morgan fingerprint density at radius 3 is 2.20 bits per heavy atom. The van der Waals surface area contributed by atoms with Gasteiger partial charge in [0, 0.05) is 10.2 Å². The number of nitrogens with one attached hydrogen (secondary N) is 1. The standard InChI is InChI=1S/C14H15BrN2O2S/c1-9-7-11(16)8-10(2)14(9)17-20(18,19)13-6-4-3-5-12(13)15/h3-8,17H,16H2,1-2H3. The van der Waals surface area contributed by atoms with E-state index in [-0.39, 0.29) is 4.90 Å². The number of nitrogen functional groups attached to an aromatic ring is 1. The van der Waals surface area contributed by atoms with Gasteiger partial charge in [0.25, 0.3) is 10.0 Å². The van der Waals surface area contributed by atoms with Crippen LogP contribution in [-0.4, -0.2) is 8.42 Å². The number of sulfonamides is 1. The van der Waals surface area contributed by atoms with Gasteiger partial charge in [-0.05, 0) is 65.2 Å². The maximum atomic E-state index is 12.4. The molecule has 2 aromatic rings. The molecule has 0 fully saturated rings. The number of halogens is 1. The third-order valence-electron chi connectivity index (χ3n) is 2.92. The Balaban J connectivity index is 2.47. The zero-order valence-corrected chi connectivity index (χ0v) is 13.5. The minimum Gasteiger partial charge on any atom is -0.399 e. The van der Waals surface area contributed by atoms with E-state index in [1.54, 1.807) is 36.4 Å². The summed E-state index contributed by atoms with van der Waals surface area (Å²) >= 11 is 3.25. The van der Waals surface area contributed by atoms with E-state index in [9.17, 15) is 8.42 Å². The van der Waals surface area contributed by atoms with Crippen LogP contribution in [0.25, 0.3) is 0 Å². The zero-order valence-electron chi connectivity index (χ0n) is 11.1. The van der Waals surface area contributed by atoms with E-state index in [0.29, 0.717) is 15.8 Å². The summed E-state index contributed by atoms with van der Waals surface area (Å²) in [6.45, 7) is 3.64. The van der Waals surface area contributed by atoms with E-state index in [1.165, 1.54) is 0 Å². The van der Waals surface area contributed by atoms with Crippen molar-refractivity contribution < 1.29 is 8.42 Å². The van der Waals surface area contributed by atoms with Gasteiger partial charge in [0.2, 0.25) is 0 Å². The quantitative estimate of drug-likeness (QED) is 0.829. The zero-order chi connectivity index (χ0) is 14.9. The van der Waals surface area contributed by atoms with Crippen molar-refractivity contribution in [3.63, 3.8) is 0 Å². The van der Waals surface area contributed by atoms with E-state index in [4.69, 9.17) is 5.73 Å². The summed E-state index contributed by atoms with van der Waals surface area (Å²) in [4.78, 5) is 0.204. The van der Waals surface area contributed by atoms with Gasteiger partial charge in [-0.2, -0.15) is 0 Å². The second-order valence-electron chi connectivity index (χ2n) is 4.57. The Morgan fingerprint density at radius 2 is 1.65 bits per heavy atom. The van der Waals surface area contributed by atoms with Crippen molar-refractivity contribution in [2.24, 2.45) is 0 Å². The third-order valence-corrected chi connectivity index (χ3v) is 5.28. The number of hydrogen-bond acceptors (Lipinski definition) is 3. The number of anilines is 2. The molecule has 0 saturated heterocycles. The Bertz CT molecular complexity index is 735. The van der Waals surface area contributed by atoms with Crippen molar-refractivity contribution >= 4 is 37.3 Å². The summed E-state index contributed by atoms with van der Waals surface area (Å²) in [6.07, 6.45) is 0. The molecule has 0 aromatic heterocycles. The first-order valence-corrected chi connectivity index (χ1v) is 8.23. The van der Waals surface area contributed by atoms with Gasteiger partial charge in [0.15, 0.2) is 0 Å². The second kappa shape index (κ2) is 5.46. The summed E-state index contributed by atoms with van der Waals surface area (Å²) in [5.74, 6) is 0. The van der Waals surface area contributed by atoms with Gasteiger partial charge >= 0.3 is 0 Å². The molecular formula is C14H15BrN2O2S. The fourth-order valence-corrected chi connectivity index (χ4v) is 4.22. The van der Waals surface area contributed by atoms with Crippen LogP contribution in [0.15, 0.2) is 45.8 Å². The fourth-order valence-electron chi connectivity index (χ4n) is 2.01. The number of benzene rings is 2. The fraction of sp³-hybridized carbons (Fsp3) is 0.143. The van der Waals surface area contributed by atoms with Crippen molar-refractivity contribution in [3.8, 4) is 0 Å². The molecule has 3 N–H and O–H groups in total. The monoisotopic (exact) mass is 354 g/mol. The van der Waals surface area contributed by atoms with Crippen LogP contribution in [0.5, 0.6) is 0 Å². The first-order chi connectivity index (χ1) is 9.31. The van der Waals surface area contributed by atoms with E-state index in [1.807, 2.05) is 13.8 Å². The van der Waals surface area contributed by atoms with Crippen molar-refractivity contribution in [1.82, 2.24) is 0 Å². The average Bonchev–Trinajstić information content (AvgIpc) is 2.34. The molecule has 0 radical (unpaired) electrons. The molecule has 2 rings (SSSR count). The number of nitrogens with two attached hydrogens (primary N) is 1.